The summed E-state index contributed by atoms with van der Waals surface area (Å²) in [6.45, 7) is 10.8. The predicted molar refractivity (Wildman–Crippen MR) is 100 cm³/mol. The molecule has 0 bridgehead atoms. The van der Waals surface area contributed by atoms with Gasteiger partial charge in [0.2, 0.25) is 5.91 Å². The van der Waals surface area contributed by atoms with E-state index in [-0.39, 0.29) is 17.9 Å². The number of amides is 2. The van der Waals surface area contributed by atoms with E-state index in [0.717, 1.165) is 10.4 Å². The summed E-state index contributed by atoms with van der Waals surface area (Å²) in [6.07, 6.45) is 2.48. The Labute approximate surface area is 157 Å². The summed E-state index contributed by atoms with van der Waals surface area (Å²) in [5.41, 5.74) is 0.992. The molecule has 0 aliphatic carbocycles. The Hall–Kier alpha value is -2.33. The van der Waals surface area contributed by atoms with Crippen molar-refractivity contribution in [2.45, 2.75) is 45.8 Å². The van der Waals surface area contributed by atoms with Crippen LogP contribution in [0.1, 0.15) is 43.2 Å². The molecule has 2 aliphatic rings. The van der Waals surface area contributed by atoms with Gasteiger partial charge in [0, 0.05) is 30.3 Å². The third-order valence-corrected chi connectivity index (χ3v) is 5.77. The molecule has 2 amide bonds. The molecule has 0 radical (unpaired) electrons. The van der Waals surface area contributed by atoms with Gasteiger partial charge in [-0.3, -0.25) is 4.79 Å². The smallest absolute Gasteiger partial charge is 0.410 e. The summed E-state index contributed by atoms with van der Waals surface area (Å²) in [6, 6.07) is 2.27. The number of hydrogen-bond acceptors (Lipinski definition) is 5. The molecule has 1 aromatic heterocycles. The molecular weight excluding hydrogens is 350 g/mol. The van der Waals surface area contributed by atoms with Crippen molar-refractivity contribution in [2.75, 3.05) is 18.0 Å². The van der Waals surface area contributed by atoms with Crippen LogP contribution in [0, 0.1) is 17.2 Å². The second-order valence-corrected chi connectivity index (χ2v) is 8.74. The van der Waals surface area contributed by atoms with Gasteiger partial charge in [-0.2, -0.15) is 5.26 Å². The third-order valence-electron chi connectivity index (χ3n) is 4.54. The summed E-state index contributed by atoms with van der Waals surface area (Å²) in [4.78, 5) is 29.0. The van der Waals surface area contributed by atoms with Gasteiger partial charge in [-0.25, -0.2) is 4.79 Å². The van der Waals surface area contributed by atoms with Gasteiger partial charge in [0.05, 0.1) is 12.1 Å². The van der Waals surface area contributed by atoms with Crippen molar-refractivity contribution in [3.8, 4) is 6.07 Å². The SMILES string of the molecule is C=CC1CC(=O)N(c2sc3c(c2C#N)CCN(C(=O)OC(C)(C)C)C3)C1. The van der Waals surface area contributed by atoms with Gasteiger partial charge >= 0.3 is 6.09 Å². The Morgan fingerprint density at radius 3 is 2.77 bits per heavy atom. The minimum absolute atomic E-state index is 0.0222. The van der Waals surface area contributed by atoms with E-state index in [1.807, 2.05) is 20.8 Å². The Morgan fingerprint density at radius 1 is 1.46 bits per heavy atom. The van der Waals surface area contributed by atoms with Crippen LogP contribution in [0.4, 0.5) is 9.80 Å². The number of carbonyl (C=O) groups excluding carboxylic acids is 2. The van der Waals surface area contributed by atoms with Gasteiger partial charge in [-0.1, -0.05) is 6.08 Å². The summed E-state index contributed by atoms with van der Waals surface area (Å²) in [5.74, 6) is 0.139. The first-order valence-electron chi connectivity index (χ1n) is 8.69. The summed E-state index contributed by atoms with van der Waals surface area (Å²) in [5, 5.41) is 10.4. The maximum atomic E-state index is 12.3. The lowest BCUT2D eigenvalue weighted by Gasteiger charge is -2.29. The fraction of sp³-hybridized carbons (Fsp3) is 0.526. The highest BCUT2D eigenvalue weighted by Gasteiger charge is 2.35. The number of rotatable bonds is 2. The average molecular weight is 373 g/mol. The Kier molecular flexibility index (Phi) is 4.80. The van der Waals surface area contributed by atoms with Crippen LogP contribution in [0.5, 0.6) is 0 Å². The minimum Gasteiger partial charge on any atom is -0.444 e. The van der Waals surface area contributed by atoms with Crippen LogP contribution in [0.2, 0.25) is 0 Å². The Bertz CT molecular complexity index is 800. The van der Waals surface area contributed by atoms with E-state index in [1.54, 1.807) is 15.9 Å². The fourth-order valence-corrected chi connectivity index (χ4v) is 4.60. The van der Waals surface area contributed by atoms with Gasteiger partial charge in [-0.15, -0.1) is 17.9 Å². The number of nitrogens with zero attached hydrogens (tertiary/aromatic N) is 3. The monoisotopic (exact) mass is 373 g/mol. The molecule has 26 heavy (non-hydrogen) atoms. The van der Waals surface area contributed by atoms with Crippen LogP contribution in [0.3, 0.4) is 0 Å². The molecule has 3 heterocycles. The van der Waals surface area contributed by atoms with Crippen molar-refractivity contribution >= 4 is 28.3 Å². The van der Waals surface area contributed by atoms with E-state index >= 15 is 0 Å². The second-order valence-electron chi connectivity index (χ2n) is 7.65. The van der Waals surface area contributed by atoms with Crippen LogP contribution < -0.4 is 4.90 Å². The van der Waals surface area contributed by atoms with Crippen LogP contribution >= 0.6 is 11.3 Å². The molecule has 2 aliphatic heterocycles. The van der Waals surface area contributed by atoms with Crippen molar-refractivity contribution < 1.29 is 14.3 Å². The molecule has 138 valence electrons. The molecular formula is C19H23N3O3S. The highest BCUT2D eigenvalue weighted by atomic mass is 32.1. The van der Waals surface area contributed by atoms with E-state index in [1.165, 1.54) is 11.3 Å². The molecule has 0 spiro atoms. The first-order chi connectivity index (χ1) is 12.2. The quantitative estimate of drug-likeness (QED) is 0.744. The first kappa shape index (κ1) is 18.5. The van der Waals surface area contributed by atoms with Crippen molar-refractivity contribution in [1.82, 2.24) is 4.90 Å². The number of thiophene rings is 1. The number of hydrogen-bond donors (Lipinski definition) is 0. The van der Waals surface area contributed by atoms with Crippen LogP contribution in [0.15, 0.2) is 12.7 Å². The van der Waals surface area contributed by atoms with Gasteiger partial charge in [-0.05, 0) is 32.8 Å². The van der Waals surface area contributed by atoms with E-state index in [0.29, 0.717) is 43.0 Å². The zero-order chi connectivity index (χ0) is 19.1. The molecule has 1 aromatic rings. The Balaban J connectivity index is 1.85. The zero-order valence-corrected chi connectivity index (χ0v) is 16.2. The normalized spacial score (nSPS) is 19.9. The summed E-state index contributed by atoms with van der Waals surface area (Å²) >= 11 is 1.44. The highest BCUT2D eigenvalue weighted by molar-refractivity contribution is 7.16. The van der Waals surface area contributed by atoms with Crippen molar-refractivity contribution in [1.29, 1.82) is 5.26 Å². The average Bonchev–Trinajstić information content (AvgIpc) is 3.11. The second kappa shape index (κ2) is 6.76. The molecule has 0 aromatic carbocycles. The van der Waals surface area contributed by atoms with Gasteiger partial charge < -0.3 is 14.5 Å². The molecule has 0 N–H and O–H groups in total. The van der Waals surface area contributed by atoms with E-state index in [4.69, 9.17) is 4.74 Å². The number of ether oxygens (including phenoxy) is 1. The van der Waals surface area contributed by atoms with E-state index in [2.05, 4.69) is 12.6 Å². The van der Waals surface area contributed by atoms with Crippen LogP contribution in [0.25, 0.3) is 0 Å². The number of nitriles is 1. The number of fused-ring (bicyclic) bond motifs is 1. The maximum absolute atomic E-state index is 12.3. The lowest BCUT2D eigenvalue weighted by molar-refractivity contribution is -0.117. The van der Waals surface area contributed by atoms with Crippen LogP contribution in [-0.2, 0) is 22.5 Å². The van der Waals surface area contributed by atoms with Crippen molar-refractivity contribution in [3.63, 3.8) is 0 Å². The molecule has 1 fully saturated rings. The van der Waals surface area contributed by atoms with Crippen molar-refractivity contribution in [3.05, 3.63) is 28.7 Å². The maximum Gasteiger partial charge on any atom is 0.410 e. The predicted octanol–water partition coefficient (Wildman–Crippen LogP) is 3.45. The Morgan fingerprint density at radius 2 is 2.19 bits per heavy atom. The summed E-state index contributed by atoms with van der Waals surface area (Å²) < 4.78 is 5.45. The highest BCUT2D eigenvalue weighted by Crippen LogP contribution is 2.41. The number of carbonyl (C=O) groups is 2. The molecule has 1 atom stereocenters. The molecule has 6 nitrogen and oxygen atoms in total. The van der Waals surface area contributed by atoms with Gasteiger partial charge in [0.1, 0.15) is 16.7 Å². The zero-order valence-electron chi connectivity index (χ0n) is 15.4. The van der Waals surface area contributed by atoms with Gasteiger partial charge in [0.15, 0.2) is 0 Å². The lowest BCUT2D eigenvalue weighted by atomic mass is 10.0. The fourth-order valence-electron chi connectivity index (χ4n) is 3.27. The first-order valence-corrected chi connectivity index (χ1v) is 9.50. The van der Waals surface area contributed by atoms with Gasteiger partial charge in [0.25, 0.3) is 0 Å². The van der Waals surface area contributed by atoms with E-state index < -0.39 is 5.60 Å². The standard InChI is InChI=1S/C19H23N3O3S/c1-5-12-8-16(23)22(10-12)17-14(9-20)13-6-7-21(11-15(13)26-17)18(24)25-19(2,3)4/h5,12H,1,6-8,10-11H2,2-4H3. The molecule has 7 heteroatoms. The number of anilines is 1. The van der Waals surface area contributed by atoms with Crippen molar-refractivity contribution in [2.24, 2.45) is 5.92 Å². The van der Waals surface area contributed by atoms with Crippen LogP contribution in [-0.4, -0.2) is 35.6 Å². The topological polar surface area (TPSA) is 73.6 Å². The molecule has 1 saturated heterocycles. The summed E-state index contributed by atoms with van der Waals surface area (Å²) in [7, 11) is 0. The lowest BCUT2D eigenvalue weighted by Crippen LogP contribution is -2.39. The van der Waals surface area contributed by atoms with E-state index in [9.17, 15) is 14.9 Å². The molecule has 1 unspecified atom stereocenters. The molecule has 3 rings (SSSR count). The third kappa shape index (κ3) is 3.47. The largest absolute Gasteiger partial charge is 0.444 e. The minimum atomic E-state index is -0.544. The molecule has 0 saturated carbocycles.